The summed E-state index contributed by atoms with van der Waals surface area (Å²) < 4.78 is 59.4. The summed E-state index contributed by atoms with van der Waals surface area (Å²) in [6.07, 6.45) is -6.50. The van der Waals surface area contributed by atoms with E-state index in [4.69, 9.17) is 23.5 Å². The topological polar surface area (TPSA) is 262 Å². The highest BCUT2D eigenvalue weighted by Crippen LogP contribution is 2.70. The Morgan fingerprint density at radius 1 is 0.778 bits per heavy atom. The fourth-order valence-electron chi connectivity index (χ4n) is 11.7. The maximum Gasteiger partial charge on any atom is 0.397 e. The highest BCUT2D eigenvalue weighted by atomic mass is 32.3. The van der Waals surface area contributed by atoms with Crippen LogP contribution in [0.5, 0.6) is 0 Å². The Bertz CT molecular complexity index is 1450. The molecule has 0 bridgehead atoms. The van der Waals surface area contributed by atoms with Gasteiger partial charge in [0.1, 0.15) is 36.6 Å². The van der Waals surface area contributed by atoms with Crippen LogP contribution in [0.15, 0.2) is 12.2 Å². The van der Waals surface area contributed by atoms with Gasteiger partial charge in [-0.15, -0.1) is 0 Å². The van der Waals surface area contributed by atoms with Crippen LogP contribution in [0.1, 0.15) is 79.6 Å². The van der Waals surface area contributed by atoms with Gasteiger partial charge in [-0.2, -0.15) is 8.42 Å². The third-order valence-corrected chi connectivity index (χ3v) is 14.8. The van der Waals surface area contributed by atoms with E-state index in [9.17, 15) is 49.3 Å². The van der Waals surface area contributed by atoms with Crippen LogP contribution >= 0.6 is 0 Å². The molecule has 2 saturated heterocycles. The highest BCUT2D eigenvalue weighted by Gasteiger charge is 2.71. The molecule has 4 saturated carbocycles. The van der Waals surface area contributed by atoms with E-state index >= 15 is 0 Å². The Hall–Kier alpha value is -0.870. The first-order chi connectivity index (χ1) is 25.1. The zero-order chi connectivity index (χ0) is 39.7. The van der Waals surface area contributed by atoms with Crippen molar-refractivity contribution in [3.8, 4) is 0 Å². The van der Waals surface area contributed by atoms with Crippen molar-refractivity contribution < 1.29 is 77.0 Å². The number of fused-ring (bicyclic) bond motifs is 5. The van der Waals surface area contributed by atoms with E-state index in [2.05, 4.69) is 18.0 Å². The molecular weight excluding hydrogens is 732 g/mol. The molecule has 2 aliphatic heterocycles. The first-order valence-electron chi connectivity index (χ1n) is 19.5. The molecule has 2 heterocycles. The first-order valence-corrected chi connectivity index (χ1v) is 20.8. The zero-order valence-electron chi connectivity index (χ0n) is 31.7. The summed E-state index contributed by atoms with van der Waals surface area (Å²) in [6.45, 7) is 9.54. The standard InChI is InChI=1S/C37H62O16S/c1-17(2)26(52-34-30(44)31(25(41)16-50-34)53-54(46,47)48)7-6-18(3)20-13-22(38)32-36(20,5)11-9-27-35(4)10-8-19(12-21(35)23(39)14-37(27,32)45)51-33-29(43)28(42)24(40)15-49-33/h6-7,17-34,38-45H,8-16H2,1-5H3,(H,46,47,48). The van der Waals surface area contributed by atoms with Gasteiger partial charge < -0.3 is 59.8 Å². The molecule has 0 aromatic carbocycles. The lowest BCUT2D eigenvalue weighted by Crippen LogP contribution is -2.68. The molecule has 20 atom stereocenters. The van der Waals surface area contributed by atoms with Crippen molar-refractivity contribution in [1.29, 1.82) is 0 Å². The van der Waals surface area contributed by atoms with Gasteiger partial charge in [-0.3, -0.25) is 4.55 Å². The predicted molar refractivity (Wildman–Crippen MR) is 188 cm³/mol. The Morgan fingerprint density at radius 3 is 2.09 bits per heavy atom. The van der Waals surface area contributed by atoms with Crippen molar-refractivity contribution in [2.24, 2.45) is 46.3 Å². The van der Waals surface area contributed by atoms with Gasteiger partial charge >= 0.3 is 10.4 Å². The fourth-order valence-corrected chi connectivity index (χ4v) is 12.2. The average molecular weight is 795 g/mol. The molecule has 312 valence electrons. The normalized spacial score (nSPS) is 51.1. The Morgan fingerprint density at radius 2 is 1.43 bits per heavy atom. The fraction of sp³-hybridized carbons (Fsp3) is 0.946. The van der Waals surface area contributed by atoms with Crippen molar-refractivity contribution in [3.63, 3.8) is 0 Å². The summed E-state index contributed by atoms with van der Waals surface area (Å²) in [4.78, 5) is 0. The second-order valence-corrected chi connectivity index (χ2v) is 19.0. The quantitative estimate of drug-likeness (QED) is 0.0803. The summed E-state index contributed by atoms with van der Waals surface area (Å²) in [6, 6.07) is 0. The van der Waals surface area contributed by atoms with E-state index < -0.39 is 107 Å². The molecule has 20 unspecified atom stereocenters. The molecule has 16 nitrogen and oxygen atoms in total. The molecule has 6 aliphatic rings. The number of hydrogen-bond acceptors (Lipinski definition) is 15. The van der Waals surface area contributed by atoms with E-state index in [1.165, 1.54) is 0 Å². The second kappa shape index (κ2) is 15.7. The lowest BCUT2D eigenvalue weighted by atomic mass is 9.42. The van der Waals surface area contributed by atoms with E-state index in [0.29, 0.717) is 32.1 Å². The molecule has 17 heteroatoms. The number of aliphatic hydroxyl groups is 8. The SMILES string of the molecule is CC(C)C(C=CC(C)C1CC(O)C2C1(C)CCC1C3(C)CCC(OC4OCC(O)C(O)C4O)CC3C(O)CC12O)OC1OCC(O)C(OS(=O)(=O)O)C1O. The molecular formula is C37H62O16S. The van der Waals surface area contributed by atoms with Crippen molar-refractivity contribution in [3.05, 3.63) is 12.2 Å². The molecule has 9 N–H and O–H groups in total. The van der Waals surface area contributed by atoms with Crippen LogP contribution in [0.3, 0.4) is 0 Å². The van der Waals surface area contributed by atoms with Gasteiger partial charge in [0.25, 0.3) is 0 Å². The van der Waals surface area contributed by atoms with E-state index in [1.54, 1.807) is 0 Å². The predicted octanol–water partition coefficient (Wildman–Crippen LogP) is 0.0256. The molecule has 54 heavy (non-hydrogen) atoms. The van der Waals surface area contributed by atoms with Gasteiger partial charge in [-0.05, 0) is 78.9 Å². The van der Waals surface area contributed by atoms with Crippen LogP contribution in [0, 0.1) is 46.3 Å². The lowest BCUT2D eigenvalue weighted by Gasteiger charge is -2.66. The van der Waals surface area contributed by atoms with Crippen molar-refractivity contribution in [2.45, 2.75) is 159 Å². The second-order valence-electron chi connectivity index (χ2n) is 18.0. The van der Waals surface area contributed by atoms with Crippen LogP contribution in [0.25, 0.3) is 0 Å². The van der Waals surface area contributed by atoms with Crippen LogP contribution in [0.2, 0.25) is 0 Å². The summed E-state index contributed by atoms with van der Waals surface area (Å²) in [5, 5.41) is 87.6. The number of allylic oxidation sites excluding steroid dienone is 1. The Balaban J connectivity index is 1.14. The highest BCUT2D eigenvalue weighted by molar-refractivity contribution is 7.80. The minimum Gasteiger partial charge on any atom is -0.393 e. The molecule has 0 aromatic rings. The van der Waals surface area contributed by atoms with Crippen LogP contribution in [-0.2, 0) is 33.5 Å². The number of aliphatic hydroxyl groups excluding tert-OH is 7. The van der Waals surface area contributed by atoms with E-state index in [1.807, 2.05) is 32.9 Å². The maximum absolute atomic E-state index is 12.8. The van der Waals surface area contributed by atoms with E-state index in [0.717, 1.165) is 6.42 Å². The van der Waals surface area contributed by atoms with Crippen molar-refractivity contribution in [2.75, 3.05) is 13.2 Å². The molecule has 6 rings (SSSR count). The Kier molecular flexibility index (Phi) is 12.4. The van der Waals surface area contributed by atoms with Gasteiger partial charge in [0.2, 0.25) is 0 Å². The zero-order valence-corrected chi connectivity index (χ0v) is 32.5. The van der Waals surface area contributed by atoms with Crippen LogP contribution < -0.4 is 0 Å². The smallest absolute Gasteiger partial charge is 0.393 e. The van der Waals surface area contributed by atoms with Gasteiger partial charge in [-0.1, -0.05) is 46.8 Å². The molecule has 0 radical (unpaired) electrons. The minimum absolute atomic E-state index is 0.0339. The molecule has 0 spiro atoms. The average Bonchev–Trinajstić information content (AvgIpc) is 3.36. The summed E-state index contributed by atoms with van der Waals surface area (Å²) in [5.41, 5.74) is -2.24. The number of ether oxygens (including phenoxy) is 4. The van der Waals surface area contributed by atoms with E-state index in [-0.39, 0.29) is 48.7 Å². The largest absolute Gasteiger partial charge is 0.397 e. The molecule has 0 aromatic heterocycles. The molecule has 6 fully saturated rings. The third-order valence-electron chi connectivity index (χ3n) is 14.3. The van der Waals surface area contributed by atoms with Gasteiger partial charge in [0.15, 0.2) is 12.6 Å². The summed E-state index contributed by atoms with van der Waals surface area (Å²) in [5.74, 6) is -1.12. The Labute approximate surface area is 317 Å². The van der Waals surface area contributed by atoms with Crippen molar-refractivity contribution >= 4 is 10.4 Å². The maximum atomic E-state index is 12.8. The molecule has 0 amide bonds. The van der Waals surface area contributed by atoms with Crippen molar-refractivity contribution in [1.82, 2.24) is 0 Å². The van der Waals surface area contributed by atoms with Gasteiger partial charge in [0, 0.05) is 12.3 Å². The first kappa shape index (κ1) is 42.7. The van der Waals surface area contributed by atoms with Crippen LogP contribution in [0.4, 0.5) is 0 Å². The van der Waals surface area contributed by atoms with Gasteiger partial charge in [0.05, 0.1) is 43.2 Å². The third kappa shape index (κ3) is 7.83. The van der Waals surface area contributed by atoms with Gasteiger partial charge in [-0.25, -0.2) is 4.18 Å². The summed E-state index contributed by atoms with van der Waals surface area (Å²) in [7, 11) is -4.97. The number of rotatable bonds is 10. The van der Waals surface area contributed by atoms with Crippen LogP contribution in [-0.4, -0.2) is 146 Å². The lowest BCUT2D eigenvalue weighted by molar-refractivity contribution is -0.300. The summed E-state index contributed by atoms with van der Waals surface area (Å²) >= 11 is 0. The molecule has 4 aliphatic carbocycles. The minimum atomic E-state index is -4.97. The number of hydrogen-bond donors (Lipinski definition) is 9. The monoisotopic (exact) mass is 794 g/mol.